The van der Waals surface area contributed by atoms with Gasteiger partial charge in [-0.2, -0.15) is 0 Å². The highest BCUT2D eigenvalue weighted by Crippen LogP contribution is 2.31. The van der Waals surface area contributed by atoms with Gasteiger partial charge in [0.1, 0.15) is 12.0 Å². The average Bonchev–Trinajstić information content (AvgIpc) is 2.60. The van der Waals surface area contributed by atoms with Gasteiger partial charge in [-0.25, -0.2) is 9.97 Å². The van der Waals surface area contributed by atoms with Gasteiger partial charge in [0.05, 0.1) is 11.7 Å². The lowest BCUT2D eigenvalue weighted by molar-refractivity contribution is 0.876. The van der Waals surface area contributed by atoms with Crippen LogP contribution in [0.15, 0.2) is 55.0 Å². The molecule has 0 saturated heterocycles. The molecule has 5 nitrogen and oxygen atoms in total. The topological polar surface area (TPSA) is 62.7 Å². The SMILES string of the molecule is CNc1c(Cl)ncnc1NC(c1cccc(Cl)c1)c1ccccn1. The molecule has 3 rings (SSSR count). The molecule has 0 fully saturated rings. The molecule has 1 aromatic carbocycles. The Hall–Kier alpha value is -2.37. The van der Waals surface area contributed by atoms with E-state index in [1.165, 1.54) is 6.33 Å². The first-order chi connectivity index (χ1) is 11.7. The van der Waals surface area contributed by atoms with Crippen molar-refractivity contribution in [1.29, 1.82) is 0 Å². The third kappa shape index (κ3) is 3.58. The number of pyridine rings is 1. The molecular weight excluding hydrogens is 345 g/mol. The van der Waals surface area contributed by atoms with Crippen molar-refractivity contribution < 1.29 is 0 Å². The number of benzene rings is 1. The number of rotatable bonds is 5. The van der Waals surface area contributed by atoms with E-state index in [0.717, 1.165) is 11.3 Å². The van der Waals surface area contributed by atoms with E-state index in [0.29, 0.717) is 21.7 Å². The Kier molecular flexibility index (Phi) is 5.13. The van der Waals surface area contributed by atoms with Crippen LogP contribution in [0.4, 0.5) is 11.5 Å². The molecule has 0 radical (unpaired) electrons. The maximum atomic E-state index is 6.16. The van der Waals surface area contributed by atoms with Crippen molar-refractivity contribution in [3.63, 3.8) is 0 Å². The highest BCUT2D eigenvalue weighted by atomic mass is 35.5. The van der Waals surface area contributed by atoms with Crippen molar-refractivity contribution >= 4 is 34.7 Å². The minimum atomic E-state index is -0.233. The third-order valence-electron chi connectivity index (χ3n) is 3.50. The standard InChI is InChI=1S/C17H15Cl2N5/c1-20-15-16(19)22-10-23-17(15)24-14(13-7-2-3-8-21-13)11-5-4-6-12(18)9-11/h2-10,14,20H,1H3,(H,22,23,24). The summed E-state index contributed by atoms with van der Waals surface area (Å²) in [7, 11) is 1.77. The third-order valence-corrected chi connectivity index (χ3v) is 4.02. The van der Waals surface area contributed by atoms with Crippen LogP contribution in [0.1, 0.15) is 17.3 Å². The fraction of sp³-hybridized carbons (Fsp3) is 0.118. The molecular formula is C17H15Cl2N5. The number of hydrogen-bond donors (Lipinski definition) is 2. The summed E-state index contributed by atoms with van der Waals surface area (Å²) in [5.41, 5.74) is 2.44. The number of hydrogen-bond acceptors (Lipinski definition) is 5. The molecule has 0 aliphatic rings. The van der Waals surface area contributed by atoms with Crippen molar-refractivity contribution in [3.05, 3.63) is 76.4 Å². The molecule has 1 unspecified atom stereocenters. The number of aromatic nitrogens is 3. The van der Waals surface area contributed by atoms with Crippen molar-refractivity contribution in [2.75, 3.05) is 17.7 Å². The summed E-state index contributed by atoms with van der Waals surface area (Å²) in [4.78, 5) is 12.7. The van der Waals surface area contributed by atoms with Gasteiger partial charge in [0.25, 0.3) is 0 Å². The van der Waals surface area contributed by atoms with Crippen LogP contribution in [0.25, 0.3) is 0 Å². The molecule has 0 aliphatic heterocycles. The average molecular weight is 360 g/mol. The van der Waals surface area contributed by atoms with Gasteiger partial charge >= 0.3 is 0 Å². The molecule has 0 spiro atoms. The van der Waals surface area contributed by atoms with Crippen LogP contribution in [-0.2, 0) is 0 Å². The first-order valence-corrected chi connectivity index (χ1v) is 8.06. The summed E-state index contributed by atoms with van der Waals surface area (Å²) in [6.45, 7) is 0. The van der Waals surface area contributed by atoms with Gasteiger partial charge in [-0.1, -0.05) is 41.4 Å². The minimum Gasteiger partial charge on any atom is -0.383 e. The molecule has 122 valence electrons. The largest absolute Gasteiger partial charge is 0.383 e. The maximum Gasteiger partial charge on any atom is 0.157 e. The summed E-state index contributed by atoms with van der Waals surface area (Å²) < 4.78 is 0. The Bertz CT molecular complexity index is 826. The van der Waals surface area contributed by atoms with E-state index in [2.05, 4.69) is 25.6 Å². The van der Waals surface area contributed by atoms with Crippen LogP contribution in [0.2, 0.25) is 10.2 Å². The Labute approximate surface area is 150 Å². The molecule has 7 heteroatoms. The fourth-order valence-corrected chi connectivity index (χ4v) is 2.82. The van der Waals surface area contributed by atoms with E-state index in [1.807, 2.05) is 42.5 Å². The van der Waals surface area contributed by atoms with E-state index in [-0.39, 0.29) is 6.04 Å². The lowest BCUT2D eigenvalue weighted by Gasteiger charge is -2.21. The maximum absolute atomic E-state index is 6.16. The lowest BCUT2D eigenvalue weighted by Crippen LogP contribution is -2.16. The van der Waals surface area contributed by atoms with E-state index < -0.39 is 0 Å². The molecule has 3 aromatic rings. The predicted octanol–water partition coefficient (Wildman–Crippen LogP) is 4.42. The Morgan fingerprint density at radius 1 is 1.00 bits per heavy atom. The number of anilines is 2. The highest BCUT2D eigenvalue weighted by molar-refractivity contribution is 6.32. The second-order valence-electron chi connectivity index (χ2n) is 5.03. The molecule has 2 N–H and O–H groups in total. The summed E-state index contributed by atoms with van der Waals surface area (Å²) in [6, 6.07) is 13.1. The van der Waals surface area contributed by atoms with Gasteiger partial charge in [-0.05, 0) is 29.8 Å². The van der Waals surface area contributed by atoms with Crippen molar-refractivity contribution in [1.82, 2.24) is 15.0 Å². The van der Waals surface area contributed by atoms with Crippen LogP contribution in [0, 0.1) is 0 Å². The summed E-state index contributed by atoms with van der Waals surface area (Å²) in [5.74, 6) is 0.591. The van der Waals surface area contributed by atoms with Gasteiger partial charge in [-0.3, -0.25) is 4.98 Å². The zero-order chi connectivity index (χ0) is 16.9. The second-order valence-corrected chi connectivity index (χ2v) is 5.82. The first-order valence-electron chi connectivity index (χ1n) is 7.30. The Morgan fingerprint density at radius 3 is 2.58 bits per heavy atom. The zero-order valence-corrected chi connectivity index (χ0v) is 14.4. The molecule has 0 amide bonds. The van der Waals surface area contributed by atoms with Gasteiger partial charge in [0, 0.05) is 18.3 Å². The molecule has 0 saturated carbocycles. The van der Waals surface area contributed by atoms with E-state index in [9.17, 15) is 0 Å². The fourth-order valence-electron chi connectivity index (χ4n) is 2.39. The normalized spacial score (nSPS) is 11.8. The molecule has 2 aromatic heterocycles. The molecule has 2 heterocycles. The van der Waals surface area contributed by atoms with Gasteiger partial charge in [0.15, 0.2) is 11.0 Å². The quantitative estimate of drug-likeness (QED) is 0.660. The Morgan fingerprint density at radius 2 is 1.88 bits per heavy atom. The zero-order valence-electron chi connectivity index (χ0n) is 12.9. The van der Waals surface area contributed by atoms with Crippen LogP contribution in [0.3, 0.4) is 0 Å². The van der Waals surface area contributed by atoms with Crippen LogP contribution in [0.5, 0.6) is 0 Å². The van der Waals surface area contributed by atoms with Crippen molar-refractivity contribution in [3.8, 4) is 0 Å². The van der Waals surface area contributed by atoms with Crippen LogP contribution in [-0.4, -0.2) is 22.0 Å². The monoisotopic (exact) mass is 359 g/mol. The minimum absolute atomic E-state index is 0.233. The lowest BCUT2D eigenvalue weighted by atomic mass is 10.0. The van der Waals surface area contributed by atoms with Crippen LogP contribution < -0.4 is 10.6 Å². The summed E-state index contributed by atoms with van der Waals surface area (Å²) in [6.07, 6.45) is 3.17. The number of nitrogens with one attached hydrogen (secondary N) is 2. The van der Waals surface area contributed by atoms with Crippen LogP contribution >= 0.6 is 23.2 Å². The molecule has 0 aliphatic carbocycles. The molecule has 24 heavy (non-hydrogen) atoms. The van der Waals surface area contributed by atoms with E-state index in [1.54, 1.807) is 13.2 Å². The van der Waals surface area contributed by atoms with E-state index >= 15 is 0 Å². The highest BCUT2D eigenvalue weighted by Gasteiger charge is 2.19. The summed E-state index contributed by atoms with van der Waals surface area (Å²) in [5, 5.41) is 7.40. The van der Waals surface area contributed by atoms with Crippen molar-refractivity contribution in [2.24, 2.45) is 0 Å². The first kappa shape index (κ1) is 16.5. The smallest absolute Gasteiger partial charge is 0.157 e. The van der Waals surface area contributed by atoms with Crippen molar-refractivity contribution in [2.45, 2.75) is 6.04 Å². The predicted molar refractivity (Wildman–Crippen MR) is 97.7 cm³/mol. The van der Waals surface area contributed by atoms with Gasteiger partial charge in [-0.15, -0.1) is 0 Å². The van der Waals surface area contributed by atoms with E-state index in [4.69, 9.17) is 23.2 Å². The summed E-state index contributed by atoms with van der Waals surface area (Å²) >= 11 is 12.3. The molecule has 0 bridgehead atoms. The molecule has 1 atom stereocenters. The number of halogens is 2. The Balaban J connectivity index is 2.05. The number of nitrogens with zero attached hydrogens (tertiary/aromatic N) is 3. The second kappa shape index (κ2) is 7.47. The van der Waals surface area contributed by atoms with Gasteiger partial charge < -0.3 is 10.6 Å². The van der Waals surface area contributed by atoms with Gasteiger partial charge in [0.2, 0.25) is 0 Å².